The predicted octanol–water partition coefficient (Wildman–Crippen LogP) is 16.8. The number of nitrogens with zero attached hydrogens (tertiary/aromatic N) is 2. The molecular formula is C58H38N2S. The van der Waals surface area contributed by atoms with Gasteiger partial charge in [-0.3, -0.25) is 0 Å². The Bertz CT molecular complexity index is 3590. The standard InChI is InChI=1S/C58H38N2S/c1-2-16-39(17-3-1)40-32-34-42(35-33-40)59(53-28-10-6-21-46(53)45-25-14-19-41-18-4-5-20-44(41)45)43-36-37-49-47-22-7-11-29-54(47)60(56(49)38-43)55-30-12-8-23-48(55)51-26-15-27-52-50-24-9-13-31-57(50)61-58(51)52/h1-38H. The maximum Gasteiger partial charge on any atom is 0.0562 e. The number of thiophene rings is 1. The highest BCUT2D eigenvalue weighted by Gasteiger charge is 2.22. The van der Waals surface area contributed by atoms with Crippen LogP contribution in [0, 0.1) is 0 Å². The molecule has 0 fully saturated rings. The maximum atomic E-state index is 2.49. The molecule has 0 spiro atoms. The molecule has 0 aliphatic carbocycles. The topological polar surface area (TPSA) is 8.17 Å². The van der Waals surface area contributed by atoms with E-state index in [2.05, 4.69) is 240 Å². The van der Waals surface area contributed by atoms with Crippen molar-refractivity contribution in [2.75, 3.05) is 4.90 Å². The van der Waals surface area contributed by atoms with Gasteiger partial charge in [-0.25, -0.2) is 0 Å². The summed E-state index contributed by atoms with van der Waals surface area (Å²) >= 11 is 1.88. The Morgan fingerprint density at radius 2 is 0.934 bits per heavy atom. The minimum Gasteiger partial charge on any atom is -0.310 e. The predicted molar refractivity (Wildman–Crippen MR) is 262 cm³/mol. The third kappa shape index (κ3) is 5.85. The Hall–Kier alpha value is -7.72. The van der Waals surface area contributed by atoms with Gasteiger partial charge in [0, 0.05) is 59.0 Å². The molecule has 0 aliphatic heterocycles. The highest BCUT2D eigenvalue weighted by atomic mass is 32.1. The van der Waals surface area contributed by atoms with Gasteiger partial charge < -0.3 is 9.47 Å². The van der Waals surface area contributed by atoms with Crippen LogP contribution in [-0.2, 0) is 0 Å². The second-order valence-corrected chi connectivity index (χ2v) is 16.7. The van der Waals surface area contributed by atoms with Gasteiger partial charge in [0.1, 0.15) is 0 Å². The lowest BCUT2D eigenvalue weighted by molar-refractivity contribution is 1.18. The largest absolute Gasteiger partial charge is 0.310 e. The van der Waals surface area contributed by atoms with Crippen molar-refractivity contribution in [3.05, 3.63) is 231 Å². The molecule has 0 atom stereocenters. The molecule has 286 valence electrons. The lowest BCUT2D eigenvalue weighted by Crippen LogP contribution is -2.11. The summed E-state index contributed by atoms with van der Waals surface area (Å²) in [5, 5.41) is 7.52. The van der Waals surface area contributed by atoms with Gasteiger partial charge in [0.25, 0.3) is 0 Å². The van der Waals surface area contributed by atoms with Crippen LogP contribution in [0.25, 0.3) is 91.8 Å². The SMILES string of the molecule is c1ccc(-c2ccc(N(c3ccc4c5ccccc5n(-c5ccccc5-c5cccc6c5sc5ccccc56)c4c3)c3ccccc3-c3cccc4ccccc34)cc2)cc1. The summed E-state index contributed by atoms with van der Waals surface area (Å²) in [6, 6.07) is 84.2. The van der Waals surface area contributed by atoms with Crippen molar-refractivity contribution in [3.8, 4) is 39.1 Å². The van der Waals surface area contributed by atoms with Crippen molar-refractivity contribution >= 4 is 81.1 Å². The average molecular weight is 795 g/mol. The van der Waals surface area contributed by atoms with E-state index in [1.807, 2.05) is 11.3 Å². The minimum absolute atomic E-state index is 1.08. The molecule has 61 heavy (non-hydrogen) atoms. The first-order valence-electron chi connectivity index (χ1n) is 20.8. The van der Waals surface area contributed by atoms with Crippen molar-refractivity contribution in [2.45, 2.75) is 0 Å². The third-order valence-corrected chi connectivity index (χ3v) is 13.4. The zero-order valence-electron chi connectivity index (χ0n) is 33.2. The third-order valence-electron chi connectivity index (χ3n) is 12.2. The van der Waals surface area contributed by atoms with Gasteiger partial charge in [-0.1, -0.05) is 182 Å². The highest BCUT2D eigenvalue weighted by Crippen LogP contribution is 2.47. The van der Waals surface area contributed by atoms with Gasteiger partial charge in [-0.2, -0.15) is 0 Å². The quantitative estimate of drug-likeness (QED) is 0.156. The van der Waals surface area contributed by atoms with E-state index in [-0.39, 0.29) is 0 Å². The molecule has 0 saturated carbocycles. The molecule has 2 aromatic heterocycles. The first kappa shape index (κ1) is 35.2. The lowest BCUT2D eigenvalue weighted by Gasteiger charge is -2.28. The molecular weight excluding hydrogens is 757 g/mol. The number of para-hydroxylation sites is 3. The molecule has 0 radical (unpaired) electrons. The Balaban J connectivity index is 1.10. The van der Waals surface area contributed by atoms with Gasteiger partial charge in [0.2, 0.25) is 0 Å². The van der Waals surface area contributed by atoms with Gasteiger partial charge in [-0.15, -0.1) is 11.3 Å². The van der Waals surface area contributed by atoms with E-state index < -0.39 is 0 Å². The average Bonchev–Trinajstić information content (AvgIpc) is 3.88. The van der Waals surface area contributed by atoms with Gasteiger partial charge in [0.15, 0.2) is 0 Å². The summed E-state index contributed by atoms with van der Waals surface area (Å²) in [6.45, 7) is 0. The normalized spacial score (nSPS) is 11.6. The summed E-state index contributed by atoms with van der Waals surface area (Å²) in [4.78, 5) is 2.44. The summed E-state index contributed by atoms with van der Waals surface area (Å²) in [7, 11) is 0. The Morgan fingerprint density at radius 3 is 1.82 bits per heavy atom. The Morgan fingerprint density at radius 1 is 0.344 bits per heavy atom. The van der Waals surface area contributed by atoms with Gasteiger partial charge >= 0.3 is 0 Å². The zero-order chi connectivity index (χ0) is 40.3. The fourth-order valence-electron chi connectivity index (χ4n) is 9.43. The maximum absolute atomic E-state index is 2.49. The molecule has 2 heterocycles. The summed E-state index contributed by atoms with van der Waals surface area (Å²) < 4.78 is 5.11. The van der Waals surface area contributed by atoms with E-state index in [4.69, 9.17) is 0 Å². The van der Waals surface area contributed by atoms with E-state index in [9.17, 15) is 0 Å². The molecule has 0 bridgehead atoms. The molecule has 3 heteroatoms. The van der Waals surface area contributed by atoms with E-state index in [0.29, 0.717) is 0 Å². The molecule has 0 unspecified atom stereocenters. The second-order valence-electron chi connectivity index (χ2n) is 15.6. The highest BCUT2D eigenvalue weighted by molar-refractivity contribution is 7.26. The Kier molecular flexibility index (Phi) is 8.39. The molecule has 0 amide bonds. The number of hydrogen-bond acceptors (Lipinski definition) is 2. The van der Waals surface area contributed by atoms with Crippen molar-refractivity contribution < 1.29 is 0 Å². The fraction of sp³-hybridized carbons (Fsp3) is 0. The van der Waals surface area contributed by atoms with Crippen molar-refractivity contribution in [2.24, 2.45) is 0 Å². The van der Waals surface area contributed by atoms with E-state index in [1.165, 1.54) is 80.6 Å². The van der Waals surface area contributed by atoms with E-state index >= 15 is 0 Å². The molecule has 0 aliphatic rings. The minimum atomic E-state index is 1.08. The number of hydrogen-bond donors (Lipinski definition) is 0. The van der Waals surface area contributed by atoms with Crippen LogP contribution in [0.1, 0.15) is 0 Å². The fourth-order valence-corrected chi connectivity index (χ4v) is 10.7. The Labute approximate surface area is 358 Å². The van der Waals surface area contributed by atoms with Crippen LogP contribution in [0.15, 0.2) is 231 Å². The summed E-state index contributed by atoms with van der Waals surface area (Å²) in [6.07, 6.45) is 0. The van der Waals surface area contributed by atoms with Crippen LogP contribution in [0.4, 0.5) is 17.1 Å². The molecule has 2 nitrogen and oxygen atoms in total. The summed E-state index contributed by atoms with van der Waals surface area (Å²) in [5.74, 6) is 0. The van der Waals surface area contributed by atoms with E-state index in [0.717, 1.165) is 28.3 Å². The van der Waals surface area contributed by atoms with Gasteiger partial charge in [-0.05, 0) is 76.0 Å². The van der Waals surface area contributed by atoms with Crippen LogP contribution in [-0.4, -0.2) is 4.57 Å². The van der Waals surface area contributed by atoms with Crippen LogP contribution in [0.5, 0.6) is 0 Å². The molecule has 0 N–H and O–H groups in total. The van der Waals surface area contributed by atoms with Crippen LogP contribution < -0.4 is 4.90 Å². The van der Waals surface area contributed by atoms with Crippen molar-refractivity contribution in [1.29, 1.82) is 0 Å². The molecule has 12 rings (SSSR count). The zero-order valence-corrected chi connectivity index (χ0v) is 34.1. The molecule has 0 saturated heterocycles. The smallest absolute Gasteiger partial charge is 0.0562 e. The second kappa shape index (κ2) is 14.5. The number of rotatable bonds is 7. The number of benzene rings is 10. The number of anilines is 3. The van der Waals surface area contributed by atoms with Crippen LogP contribution in [0.3, 0.4) is 0 Å². The van der Waals surface area contributed by atoms with E-state index in [1.54, 1.807) is 0 Å². The monoisotopic (exact) mass is 794 g/mol. The summed E-state index contributed by atoms with van der Waals surface area (Å²) in [5.41, 5.74) is 14.0. The van der Waals surface area contributed by atoms with Crippen molar-refractivity contribution in [3.63, 3.8) is 0 Å². The first-order valence-corrected chi connectivity index (χ1v) is 21.7. The lowest BCUT2D eigenvalue weighted by atomic mass is 9.96. The number of aromatic nitrogens is 1. The van der Waals surface area contributed by atoms with Crippen LogP contribution in [0.2, 0.25) is 0 Å². The van der Waals surface area contributed by atoms with Crippen molar-refractivity contribution in [1.82, 2.24) is 4.57 Å². The number of fused-ring (bicyclic) bond motifs is 7. The molecule has 10 aromatic carbocycles. The van der Waals surface area contributed by atoms with Gasteiger partial charge in [0.05, 0.1) is 22.4 Å². The first-order chi connectivity index (χ1) is 30.3. The molecule has 12 aromatic rings. The van der Waals surface area contributed by atoms with Crippen LogP contribution >= 0.6 is 11.3 Å².